The Hall–Kier alpha value is -3.80. The predicted molar refractivity (Wildman–Crippen MR) is 140 cm³/mol. The van der Waals surface area contributed by atoms with Gasteiger partial charge in [-0.2, -0.15) is 8.42 Å². The van der Waals surface area contributed by atoms with Gasteiger partial charge in [0.1, 0.15) is 30.8 Å². The van der Waals surface area contributed by atoms with Gasteiger partial charge in [-0.15, -0.1) is 11.8 Å². The third-order valence-electron chi connectivity index (χ3n) is 5.61. The number of β-lactam (4-membered cyclic amide) rings is 1. The van der Waals surface area contributed by atoms with Gasteiger partial charge in [0.15, 0.2) is 0 Å². The van der Waals surface area contributed by atoms with E-state index in [1.54, 1.807) is 19.1 Å². The highest BCUT2D eigenvalue weighted by Crippen LogP contribution is 2.40. The second kappa shape index (κ2) is 13.7. The lowest BCUT2D eigenvalue weighted by atomic mass is 10.0. The lowest BCUT2D eigenvalue weighted by Gasteiger charge is -2.49. The Kier molecular flexibility index (Phi) is 10.6. The average Bonchev–Trinajstić information content (AvgIpc) is 2.93. The Morgan fingerprint density at radius 3 is 2.41 bits per heavy atom. The maximum Gasteiger partial charge on any atom is 0.358 e. The van der Waals surface area contributed by atoms with Gasteiger partial charge in [-0.3, -0.25) is 28.3 Å². The average molecular weight is 614 g/mol. The van der Waals surface area contributed by atoms with Crippen molar-refractivity contribution in [3.05, 3.63) is 41.1 Å². The number of aryl methyl sites for hydroxylation is 1. The summed E-state index contributed by atoms with van der Waals surface area (Å²) < 4.78 is 44.3. The van der Waals surface area contributed by atoms with E-state index in [1.807, 2.05) is 0 Å². The summed E-state index contributed by atoms with van der Waals surface area (Å²) in [5.74, 6) is -4.34. The van der Waals surface area contributed by atoms with Crippen molar-refractivity contribution in [1.82, 2.24) is 10.2 Å². The second-order valence-electron chi connectivity index (χ2n) is 8.51. The molecule has 2 heterocycles. The predicted octanol–water partition coefficient (Wildman–Crippen LogP) is -0.364. The number of nitrogens with one attached hydrogen (secondary N) is 1. The molecule has 1 aromatic rings. The van der Waals surface area contributed by atoms with Crippen LogP contribution in [0.2, 0.25) is 0 Å². The van der Waals surface area contributed by atoms with E-state index < -0.39 is 70.2 Å². The van der Waals surface area contributed by atoms with Crippen molar-refractivity contribution in [3.8, 4) is 0 Å². The van der Waals surface area contributed by atoms with E-state index in [2.05, 4.69) is 20.0 Å². The Morgan fingerprint density at radius 1 is 1.12 bits per heavy atom. The van der Waals surface area contributed by atoms with Crippen molar-refractivity contribution in [2.24, 2.45) is 5.16 Å². The monoisotopic (exact) mass is 613 g/mol. The van der Waals surface area contributed by atoms with E-state index in [0.29, 0.717) is 5.57 Å². The summed E-state index contributed by atoms with van der Waals surface area (Å²) in [6.07, 6.45) is 0. The number of ether oxygens (including phenoxy) is 3. The molecule has 0 bridgehead atoms. The van der Waals surface area contributed by atoms with E-state index in [0.717, 1.165) is 24.5 Å². The number of carbonyl (C=O) groups is 5. The van der Waals surface area contributed by atoms with Crippen LogP contribution in [0.5, 0.6) is 0 Å². The van der Waals surface area contributed by atoms with Crippen LogP contribution in [0.15, 0.2) is 45.6 Å². The normalized spacial score (nSPS) is 18.7. The Labute approximate surface area is 239 Å². The standard InChI is InChI=1S/C24H27N3O12S2/c1-13-5-7-16(8-6-13)41(33,34)39-10-17(29)18(26-36-4)21(30)25-19-22(31)27-20(24(32)38-12-37-14(2)28)15(9-35-3)11-40-23(19)27/h5-8,19,23H,9-12H2,1-4H3,(H,25,30)/t19?,23-/m0/s1. The topological polar surface area (TPSA) is 193 Å². The van der Waals surface area contributed by atoms with Gasteiger partial charge in [0.05, 0.1) is 11.5 Å². The van der Waals surface area contributed by atoms with Crippen LogP contribution in [0.25, 0.3) is 0 Å². The number of ketones is 1. The third kappa shape index (κ3) is 7.49. The Balaban J connectivity index is 1.69. The first-order valence-electron chi connectivity index (χ1n) is 11.8. The fourth-order valence-corrected chi connectivity index (χ4v) is 5.88. The molecular formula is C24H27N3O12S2. The smallest absolute Gasteiger partial charge is 0.358 e. The minimum absolute atomic E-state index is 0.00314. The summed E-state index contributed by atoms with van der Waals surface area (Å²) in [6, 6.07) is 4.51. The molecule has 2 aliphatic rings. The van der Waals surface area contributed by atoms with Gasteiger partial charge in [0.25, 0.3) is 21.9 Å². The van der Waals surface area contributed by atoms with Gasteiger partial charge in [-0.25, -0.2) is 4.79 Å². The summed E-state index contributed by atoms with van der Waals surface area (Å²) in [6.45, 7) is 1.17. The number of methoxy groups -OCH3 is 1. The van der Waals surface area contributed by atoms with E-state index in [4.69, 9.17) is 13.7 Å². The molecule has 2 atom stereocenters. The molecule has 0 radical (unpaired) electrons. The molecule has 0 aromatic heterocycles. The number of Topliss-reactive ketones (excluding diaryl/α,β-unsaturated/α-hetero) is 1. The Morgan fingerprint density at radius 2 is 1.80 bits per heavy atom. The third-order valence-corrected chi connectivity index (χ3v) is 8.23. The summed E-state index contributed by atoms with van der Waals surface area (Å²) >= 11 is 1.21. The number of rotatable bonds is 13. The highest BCUT2D eigenvalue weighted by Gasteiger charge is 2.55. The quantitative estimate of drug-likeness (QED) is 0.0577. The zero-order valence-corrected chi connectivity index (χ0v) is 24.0. The van der Waals surface area contributed by atoms with Gasteiger partial charge >= 0.3 is 11.9 Å². The number of oxime groups is 1. The molecular weight excluding hydrogens is 586 g/mol. The number of esters is 2. The van der Waals surface area contributed by atoms with Crippen LogP contribution in [0, 0.1) is 6.92 Å². The molecule has 1 unspecified atom stereocenters. The fraction of sp³-hybridized carbons (Fsp3) is 0.417. The molecule has 2 amide bonds. The maximum absolute atomic E-state index is 13.0. The first kappa shape index (κ1) is 31.7. The SMILES string of the molecule is COCC1=C(C(=O)OCOC(C)=O)N2C(=O)C(NC(=O)C(=NOC)C(=O)COS(=O)(=O)c3ccc(C)cc3)[C@@H]2SC1. The molecule has 17 heteroatoms. The minimum Gasteiger partial charge on any atom is -0.428 e. The van der Waals surface area contributed by atoms with Crippen LogP contribution in [0.4, 0.5) is 0 Å². The molecule has 1 aromatic carbocycles. The lowest BCUT2D eigenvalue weighted by Crippen LogP contribution is -2.71. The van der Waals surface area contributed by atoms with Crippen molar-refractivity contribution >= 4 is 57.1 Å². The van der Waals surface area contributed by atoms with E-state index in [1.165, 1.54) is 31.0 Å². The highest BCUT2D eigenvalue weighted by atomic mass is 32.2. The van der Waals surface area contributed by atoms with Gasteiger partial charge in [-0.1, -0.05) is 22.9 Å². The number of benzene rings is 1. The molecule has 41 heavy (non-hydrogen) atoms. The molecule has 0 spiro atoms. The maximum atomic E-state index is 13.0. The van der Waals surface area contributed by atoms with E-state index in [-0.39, 0.29) is 23.0 Å². The number of amides is 2. The molecule has 2 aliphatic heterocycles. The van der Waals surface area contributed by atoms with Gasteiger partial charge in [-0.05, 0) is 24.6 Å². The summed E-state index contributed by atoms with van der Waals surface area (Å²) in [5.41, 5.74) is 0.288. The minimum atomic E-state index is -4.32. The van der Waals surface area contributed by atoms with Crippen LogP contribution >= 0.6 is 11.8 Å². The largest absolute Gasteiger partial charge is 0.428 e. The molecule has 1 saturated heterocycles. The Bertz CT molecular complexity index is 1390. The van der Waals surface area contributed by atoms with Crippen molar-refractivity contribution < 1.29 is 55.6 Å². The van der Waals surface area contributed by atoms with E-state index in [9.17, 15) is 32.4 Å². The van der Waals surface area contributed by atoms with Crippen molar-refractivity contribution in [2.75, 3.05) is 40.0 Å². The first-order valence-corrected chi connectivity index (χ1v) is 14.2. The van der Waals surface area contributed by atoms with Crippen molar-refractivity contribution in [2.45, 2.75) is 30.2 Å². The number of hydrogen-bond donors (Lipinski definition) is 1. The second-order valence-corrected chi connectivity index (χ2v) is 11.2. The van der Waals surface area contributed by atoms with E-state index >= 15 is 0 Å². The zero-order valence-electron chi connectivity index (χ0n) is 22.4. The van der Waals surface area contributed by atoms with Gasteiger partial charge in [0, 0.05) is 19.8 Å². The highest BCUT2D eigenvalue weighted by molar-refractivity contribution is 8.00. The van der Waals surface area contributed by atoms with Crippen molar-refractivity contribution in [3.63, 3.8) is 0 Å². The molecule has 1 N–H and O–H groups in total. The van der Waals surface area contributed by atoms with Crippen LogP contribution < -0.4 is 5.32 Å². The van der Waals surface area contributed by atoms with Crippen molar-refractivity contribution in [1.29, 1.82) is 0 Å². The molecule has 1 fully saturated rings. The van der Waals surface area contributed by atoms with Gasteiger partial charge < -0.3 is 24.4 Å². The molecule has 15 nitrogen and oxygen atoms in total. The summed E-state index contributed by atoms with van der Waals surface area (Å²) in [5, 5.41) is 4.99. The molecule has 0 aliphatic carbocycles. The number of fused-ring (bicyclic) bond motifs is 1. The first-order chi connectivity index (χ1) is 19.4. The number of carbonyl (C=O) groups excluding carboxylic acids is 5. The molecule has 222 valence electrons. The lowest BCUT2D eigenvalue weighted by molar-refractivity contribution is -0.166. The van der Waals surface area contributed by atoms with Gasteiger partial charge in [0.2, 0.25) is 18.3 Å². The van der Waals surface area contributed by atoms with Crippen LogP contribution in [0.3, 0.4) is 0 Å². The zero-order chi connectivity index (χ0) is 30.3. The van der Waals surface area contributed by atoms with Crippen LogP contribution in [-0.4, -0.2) is 100.0 Å². The van der Waals surface area contributed by atoms with Crippen LogP contribution in [0.1, 0.15) is 12.5 Å². The fourth-order valence-electron chi connectivity index (χ4n) is 3.68. The number of thioether (sulfide) groups is 1. The molecule has 0 saturated carbocycles. The number of hydrogen-bond acceptors (Lipinski definition) is 14. The number of nitrogens with zero attached hydrogens (tertiary/aromatic N) is 2. The summed E-state index contributed by atoms with van der Waals surface area (Å²) in [4.78, 5) is 67.8. The molecule has 3 rings (SSSR count). The summed E-state index contributed by atoms with van der Waals surface area (Å²) in [7, 11) is -1.86. The van der Waals surface area contributed by atoms with Crippen LogP contribution in [-0.2, 0) is 57.3 Å².